The van der Waals surface area contributed by atoms with Gasteiger partial charge in [0, 0.05) is 7.05 Å². The molecule has 0 unspecified atom stereocenters. The van der Waals surface area contributed by atoms with E-state index in [0.717, 1.165) is 6.26 Å². The Kier molecular flexibility index (Phi) is 6.58. The highest BCUT2D eigenvalue weighted by molar-refractivity contribution is 7.88. The summed E-state index contributed by atoms with van der Waals surface area (Å²) in [5.41, 5.74) is 5.54. The Morgan fingerprint density at radius 1 is 1.38 bits per heavy atom. The quantitative estimate of drug-likeness (QED) is 0.815. The maximum atomic E-state index is 11.6. The zero-order valence-electron chi connectivity index (χ0n) is 10.4. The summed E-state index contributed by atoms with van der Waals surface area (Å²) in [5, 5.41) is 0. The number of likely N-dealkylation sites (N-methyl/N-ethyl adjacent to an activating group) is 1. The Morgan fingerprint density at radius 2 is 1.75 bits per heavy atom. The maximum Gasteiger partial charge on any atom is 0.252 e. The van der Waals surface area contributed by atoms with Gasteiger partial charge in [-0.05, 0) is 11.8 Å². The molecule has 0 saturated heterocycles. The molecule has 0 rings (SSSR count). The third-order valence-electron chi connectivity index (χ3n) is 1.96. The van der Waals surface area contributed by atoms with Crippen LogP contribution in [0.4, 0.5) is 0 Å². The summed E-state index contributed by atoms with van der Waals surface area (Å²) in [4.78, 5) is 11.6. The Morgan fingerprint density at radius 3 is 2.00 bits per heavy atom. The predicted molar refractivity (Wildman–Crippen MR) is 66.9 cm³/mol. The van der Waals surface area contributed by atoms with Gasteiger partial charge >= 0.3 is 0 Å². The molecule has 7 heteroatoms. The average Bonchev–Trinajstić information content (AvgIpc) is 1.96. The Bertz CT molecular complexity index is 335. The van der Waals surface area contributed by atoms with Crippen LogP contribution in [0.3, 0.4) is 0 Å². The van der Waals surface area contributed by atoms with Gasteiger partial charge in [-0.2, -0.15) is 0 Å². The molecule has 0 radical (unpaired) electrons. The number of nitrogens with zero attached hydrogens (tertiary/aromatic N) is 1. The minimum absolute atomic E-state index is 0. The molecule has 0 aliphatic carbocycles. The number of halogens is 1. The van der Waals surface area contributed by atoms with Gasteiger partial charge in [0.15, 0.2) is 0 Å². The minimum atomic E-state index is -3.50. The lowest BCUT2D eigenvalue weighted by atomic mass is 9.88. The van der Waals surface area contributed by atoms with E-state index in [1.54, 1.807) is 0 Å². The van der Waals surface area contributed by atoms with Gasteiger partial charge in [-0.1, -0.05) is 20.8 Å². The summed E-state index contributed by atoms with van der Waals surface area (Å²) in [6, 6.07) is -0.773. The lowest BCUT2D eigenvalue weighted by Gasteiger charge is -2.25. The summed E-state index contributed by atoms with van der Waals surface area (Å²) in [5.74, 6) is -0.563. The van der Waals surface area contributed by atoms with E-state index in [2.05, 4.69) is 0 Å². The zero-order chi connectivity index (χ0) is 12.4. The van der Waals surface area contributed by atoms with Gasteiger partial charge in [0.1, 0.15) is 0 Å². The third-order valence-corrected chi connectivity index (χ3v) is 3.13. The van der Waals surface area contributed by atoms with E-state index in [1.165, 1.54) is 7.05 Å². The SMILES string of the molecule is CN(C(=O)[C@@H](N)CC(C)(C)C)S(C)(=O)=O.Cl. The number of carbonyl (C=O) groups excluding carboxylic acids is 1. The second kappa shape index (κ2) is 5.84. The molecule has 0 fully saturated rings. The summed E-state index contributed by atoms with van der Waals surface area (Å²) in [7, 11) is -2.28. The molecule has 0 heterocycles. The van der Waals surface area contributed by atoms with Crippen LogP contribution in [0.2, 0.25) is 0 Å². The average molecular weight is 273 g/mol. The van der Waals surface area contributed by atoms with Gasteiger partial charge in [0.05, 0.1) is 12.3 Å². The van der Waals surface area contributed by atoms with Crippen molar-refractivity contribution in [2.45, 2.75) is 33.2 Å². The fourth-order valence-corrected chi connectivity index (χ4v) is 1.61. The molecule has 5 nitrogen and oxygen atoms in total. The molecular formula is C9H21ClN2O3S. The monoisotopic (exact) mass is 272 g/mol. The zero-order valence-corrected chi connectivity index (χ0v) is 12.0. The molecular weight excluding hydrogens is 252 g/mol. The highest BCUT2D eigenvalue weighted by Gasteiger charge is 2.27. The maximum absolute atomic E-state index is 11.6. The first kappa shape index (κ1) is 18.0. The lowest BCUT2D eigenvalue weighted by Crippen LogP contribution is -2.45. The highest BCUT2D eigenvalue weighted by atomic mass is 35.5. The second-order valence-electron chi connectivity index (χ2n) is 4.94. The van der Waals surface area contributed by atoms with Crippen molar-refractivity contribution in [1.29, 1.82) is 0 Å². The van der Waals surface area contributed by atoms with Crippen LogP contribution in [-0.2, 0) is 14.8 Å². The summed E-state index contributed by atoms with van der Waals surface area (Å²) >= 11 is 0. The standard InChI is InChI=1S/C9H20N2O3S.ClH/c1-9(2,3)6-7(10)8(12)11(4)15(5,13)14;/h7H,6,10H2,1-5H3;1H/t7-;/m0./s1. The van der Waals surface area contributed by atoms with E-state index in [4.69, 9.17) is 5.73 Å². The smallest absolute Gasteiger partial charge is 0.252 e. The van der Waals surface area contributed by atoms with Crippen LogP contribution >= 0.6 is 12.4 Å². The molecule has 98 valence electrons. The van der Waals surface area contributed by atoms with E-state index < -0.39 is 22.0 Å². The van der Waals surface area contributed by atoms with Crippen LogP contribution in [0.5, 0.6) is 0 Å². The van der Waals surface area contributed by atoms with Crippen molar-refractivity contribution in [3.8, 4) is 0 Å². The second-order valence-corrected chi connectivity index (χ2v) is 6.95. The van der Waals surface area contributed by atoms with Gasteiger partial charge < -0.3 is 5.73 Å². The summed E-state index contributed by atoms with van der Waals surface area (Å²) in [6.07, 6.45) is 1.43. The third kappa shape index (κ3) is 6.30. The largest absolute Gasteiger partial charge is 0.320 e. The fraction of sp³-hybridized carbons (Fsp3) is 0.889. The van der Waals surface area contributed by atoms with Crippen molar-refractivity contribution >= 4 is 28.3 Å². The van der Waals surface area contributed by atoms with Gasteiger partial charge in [-0.15, -0.1) is 12.4 Å². The van der Waals surface area contributed by atoms with Crippen LogP contribution < -0.4 is 5.73 Å². The molecule has 0 aromatic rings. The highest BCUT2D eigenvalue weighted by Crippen LogP contribution is 2.20. The molecule has 0 aromatic heterocycles. The van der Waals surface area contributed by atoms with Crippen LogP contribution in [0.15, 0.2) is 0 Å². The first-order valence-corrected chi connectivity index (χ1v) is 6.53. The molecule has 0 aliphatic heterocycles. The van der Waals surface area contributed by atoms with Crippen LogP contribution in [0.25, 0.3) is 0 Å². The van der Waals surface area contributed by atoms with E-state index in [0.29, 0.717) is 10.7 Å². The summed E-state index contributed by atoms with van der Waals surface area (Å²) < 4.78 is 22.9. The van der Waals surface area contributed by atoms with Crippen LogP contribution in [0, 0.1) is 5.41 Å². The number of sulfonamides is 1. The number of hydrogen-bond acceptors (Lipinski definition) is 4. The van der Waals surface area contributed by atoms with Crippen molar-refractivity contribution in [2.24, 2.45) is 11.1 Å². The molecule has 0 bridgehead atoms. The van der Waals surface area contributed by atoms with Crippen molar-refractivity contribution in [3.05, 3.63) is 0 Å². The van der Waals surface area contributed by atoms with E-state index >= 15 is 0 Å². The first-order chi connectivity index (χ1) is 6.45. The molecule has 1 amide bonds. The van der Waals surface area contributed by atoms with E-state index in [-0.39, 0.29) is 17.8 Å². The first-order valence-electron chi connectivity index (χ1n) is 4.68. The number of rotatable bonds is 3. The van der Waals surface area contributed by atoms with E-state index in [9.17, 15) is 13.2 Å². The van der Waals surface area contributed by atoms with Crippen LogP contribution in [0.1, 0.15) is 27.2 Å². The lowest BCUT2D eigenvalue weighted by molar-refractivity contribution is -0.127. The molecule has 16 heavy (non-hydrogen) atoms. The van der Waals surface area contributed by atoms with Crippen molar-refractivity contribution in [3.63, 3.8) is 0 Å². The Labute approximate surface area is 104 Å². The number of nitrogens with two attached hydrogens (primary N) is 1. The molecule has 0 saturated carbocycles. The van der Waals surface area contributed by atoms with E-state index in [1.807, 2.05) is 20.8 Å². The topological polar surface area (TPSA) is 80.5 Å². The predicted octanol–water partition coefficient (Wildman–Crippen LogP) is 0.590. The number of amides is 1. The fourth-order valence-electron chi connectivity index (χ4n) is 1.14. The molecule has 0 aromatic carbocycles. The molecule has 0 aliphatic rings. The van der Waals surface area contributed by atoms with Crippen molar-refractivity contribution in [2.75, 3.05) is 13.3 Å². The minimum Gasteiger partial charge on any atom is -0.320 e. The Hall–Kier alpha value is -0.330. The Balaban J connectivity index is 0. The van der Waals surface area contributed by atoms with Gasteiger partial charge in [-0.25, -0.2) is 12.7 Å². The van der Waals surface area contributed by atoms with Gasteiger partial charge in [-0.3, -0.25) is 4.79 Å². The van der Waals surface area contributed by atoms with Gasteiger partial charge in [0.2, 0.25) is 10.0 Å². The number of carbonyl (C=O) groups is 1. The normalized spacial score (nSPS) is 13.9. The molecule has 1 atom stereocenters. The van der Waals surface area contributed by atoms with Gasteiger partial charge in [0.25, 0.3) is 5.91 Å². The van der Waals surface area contributed by atoms with Crippen molar-refractivity contribution < 1.29 is 13.2 Å². The molecule has 2 N–H and O–H groups in total. The number of hydrogen-bond donors (Lipinski definition) is 1. The molecule has 0 spiro atoms. The summed E-state index contributed by atoms with van der Waals surface area (Å²) in [6.45, 7) is 5.84. The van der Waals surface area contributed by atoms with Crippen LogP contribution in [-0.4, -0.2) is 38.0 Å². The van der Waals surface area contributed by atoms with Crippen molar-refractivity contribution in [1.82, 2.24) is 4.31 Å².